The van der Waals surface area contributed by atoms with Crippen molar-refractivity contribution in [1.82, 2.24) is 0 Å². The van der Waals surface area contributed by atoms with Crippen molar-refractivity contribution in [2.75, 3.05) is 5.32 Å². The molecule has 0 saturated carbocycles. The molecule has 2 aliphatic rings. The van der Waals surface area contributed by atoms with Crippen LogP contribution in [0.3, 0.4) is 0 Å². The minimum absolute atomic E-state index is 0.00189. The van der Waals surface area contributed by atoms with Crippen LogP contribution in [0.15, 0.2) is 12.1 Å². The van der Waals surface area contributed by atoms with E-state index in [1.807, 2.05) is 27.7 Å². The summed E-state index contributed by atoms with van der Waals surface area (Å²) in [5, 5.41) is 2.67. The number of halogens is 1. The lowest BCUT2D eigenvalue weighted by Crippen LogP contribution is -2.41. The average Bonchev–Trinajstić information content (AvgIpc) is 2.73. The van der Waals surface area contributed by atoms with E-state index in [-0.39, 0.29) is 24.1 Å². The molecule has 3 rings (SSSR count). The van der Waals surface area contributed by atoms with Crippen LogP contribution in [0.2, 0.25) is 0 Å². The Hall–Kier alpha value is -2.13. The third-order valence-electron chi connectivity index (χ3n) is 5.08. The third-order valence-corrected chi connectivity index (χ3v) is 5.08. The molecule has 0 spiro atoms. The number of hydrogen-bond donors (Lipinski definition) is 2. The van der Waals surface area contributed by atoms with Gasteiger partial charge < -0.3 is 25.1 Å². The number of rotatable bonds is 4. The molecule has 3 N–H and O–H groups in total. The number of amides is 2. The van der Waals surface area contributed by atoms with E-state index in [0.717, 1.165) is 0 Å². The number of nitrogens with one attached hydrogen (secondary N) is 1. The molecule has 9 heteroatoms. The third kappa shape index (κ3) is 3.28. The predicted molar refractivity (Wildman–Crippen MR) is 93.6 cm³/mol. The fraction of sp³-hybridized carbons (Fsp3) is 0.529. The first-order valence-corrected chi connectivity index (χ1v) is 8.45. The Labute approximate surface area is 151 Å². The van der Waals surface area contributed by atoms with Gasteiger partial charge in [0, 0.05) is 24.4 Å². The van der Waals surface area contributed by atoms with Gasteiger partial charge in [-0.1, -0.05) is 0 Å². The number of carbonyl (C=O) groups excluding carboxylic acids is 2. The highest BCUT2D eigenvalue weighted by Gasteiger charge is 2.52. The number of fused-ring (bicyclic) bond motifs is 1. The topological polar surface area (TPSA) is 99.9 Å². The summed E-state index contributed by atoms with van der Waals surface area (Å²) in [5.74, 6) is -1.32. The van der Waals surface area contributed by atoms with Crippen molar-refractivity contribution in [2.24, 2.45) is 5.73 Å². The Morgan fingerprint density at radius 2 is 1.88 bits per heavy atom. The summed E-state index contributed by atoms with van der Waals surface area (Å²) in [4.78, 5) is 23.0. The number of ether oxygens (including phenoxy) is 1. The normalized spacial score (nSPS) is 23.2. The van der Waals surface area contributed by atoms with E-state index in [2.05, 4.69) is 5.32 Å². The van der Waals surface area contributed by atoms with E-state index in [0.29, 0.717) is 5.69 Å². The first-order valence-electron chi connectivity index (χ1n) is 8.45. The highest BCUT2D eigenvalue weighted by atomic mass is 19.1. The van der Waals surface area contributed by atoms with Gasteiger partial charge in [-0.25, -0.2) is 4.39 Å². The zero-order valence-electron chi connectivity index (χ0n) is 15.2. The van der Waals surface area contributed by atoms with Gasteiger partial charge in [0.15, 0.2) is 6.10 Å². The fourth-order valence-corrected chi connectivity index (χ4v) is 2.80. The Morgan fingerprint density at radius 1 is 1.27 bits per heavy atom. The summed E-state index contributed by atoms with van der Waals surface area (Å²) in [6, 6.07) is 2.64. The van der Waals surface area contributed by atoms with Crippen LogP contribution in [-0.4, -0.2) is 36.2 Å². The molecule has 26 heavy (non-hydrogen) atoms. The lowest BCUT2D eigenvalue weighted by atomic mass is 9.78. The number of benzene rings is 1. The lowest BCUT2D eigenvalue weighted by molar-refractivity contribution is -0.124. The van der Waals surface area contributed by atoms with Crippen molar-refractivity contribution in [3.8, 4) is 5.75 Å². The molecule has 1 saturated heterocycles. The molecule has 1 atom stereocenters. The van der Waals surface area contributed by atoms with Crippen molar-refractivity contribution in [2.45, 2.75) is 57.8 Å². The van der Waals surface area contributed by atoms with Crippen molar-refractivity contribution in [1.29, 1.82) is 0 Å². The molecule has 2 heterocycles. The van der Waals surface area contributed by atoms with E-state index in [1.165, 1.54) is 12.1 Å². The van der Waals surface area contributed by atoms with Gasteiger partial charge >= 0.3 is 7.12 Å². The van der Waals surface area contributed by atoms with Crippen LogP contribution in [0, 0.1) is 5.82 Å². The molecule has 2 amide bonds. The zero-order chi connectivity index (χ0) is 19.3. The van der Waals surface area contributed by atoms with E-state index in [9.17, 15) is 14.0 Å². The fourth-order valence-electron chi connectivity index (χ4n) is 2.80. The maximum atomic E-state index is 14.6. The maximum Gasteiger partial charge on any atom is 0.497 e. The maximum absolute atomic E-state index is 14.6. The zero-order valence-corrected chi connectivity index (χ0v) is 15.2. The molecule has 1 unspecified atom stereocenters. The van der Waals surface area contributed by atoms with Crippen LogP contribution in [0.4, 0.5) is 10.1 Å². The molecule has 7 nitrogen and oxygen atoms in total. The number of hydrogen-bond acceptors (Lipinski definition) is 5. The Kier molecular flexibility index (Phi) is 4.48. The minimum Gasteiger partial charge on any atom is -0.478 e. The molecule has 1 aromatic carbocycles. The van der Waals surface area contributed by atoms with Crippen LogP contribution >= 0.6 is 0 Å². The summed E-state index contributed by atoms with van der Waals surface area (Å²) < 4.78 is 31.9. The summed E-state index contributed by atoms with van der Waals surface area (Å²) in [6.07, 6.45) is -0.763. The van der Waals surface area contributed by atoms with Crippen LogP contribution < -0.4 is 21.3 Å². The Balaban J connectivity index is 1.85. The monoisotopic (exact) mass is 364 g/mol. The second kappa shape index (κ2) is 6.24. The van der Waals surface area contributed by atoms with Gasteiger partial charge in [0.25, 0.3) is 5.91 Å². The summed E-state index contributed by atoms with van der Waals surface area (Å²) in [6.45, 7) is 7.49. The molecule has 2 aliphatic heterocycles. The predicted octanol–water partition coefficient (Wildman–Crippen LogP) is 1.09. The molecule has 0 bridgehead atoms. The number of anilines is 1. The molecule has 140 valence electrons. The van der Waals surface area contributed by atoms with Crippen molar-refractivity contribution >= 4 is 30.1 Å². The van der Waals surface area contributed by atoms with Gasteiger partial charge in [-0.15, -0.1) is 0 Å². The standard InChI is InChI=1S/C17H22BFN2O5/c1-16(2)17(3,4)26-18(25-16)9-7-11-13(8-10(9)19)24-12(15(23)21-11)5-6-14(20)22/h7-8,12H,5-6H2,1-4H3,(H2,20,22)(H,21,23). The average molecular weight is 364 g/mol. The summed E-state index contributed by atoms with van der Waals surface area (Å²) >= 11 is 0. The van der Waals surface area contributed by atoms with Gasteiger partial charge in [-0.05, 0) is 33.8 Å². The van der Waals surface area contributed by atoms with Gasteiger partial charge in [-0.2, -0.15) is 0 Å². The number of primary amides is 1. The Bertz CT molecular complexity index is 752. The molecule has 0 aromatic heterocycles. The van der Waals surface area contributed by atoms with E-state index < -0.39 is 42.1 Å². The smallest absolute Gasteiger partial charge is 0.478 e. The van der Waals surface area contributed by atoms with Crippen LogP contribution in [0.25, 0.3) is 0 Å². The molecular formula is C17H22BFN2O5. The second-order valence-electron chi connectivity index (χ2n) is 7.56. The molecule has 0 aliphatic carbocycles. The van der Waals surface area contributed by atoms with Crippen LogP contribution in [0.1, 0.15) is 40.5 Å². The number of carbonyl (C=O) groups is 2. The van der Waals surface area contributed by atoms with E-state index >= 15 is 0 Å². The summed E-state index contributed by atoms with van der Waals surface area (Å²) in [5.41, 5.74) is 4.38. The van der Waals surface area contributed by atoms with Crippen LogP contribution in [0.5, 0.6) is 5.75 Å². The van der Waals surface area contributed by atoms with Crippen molar-refractivity contribution in [3.05, 3.63) is 17.9 Å². The van der Waals surface area contributed by atoms with Crippen molar-refractivity contribution < 1.29 is 28.0 Å². The first kappa shape index (κ1) is 18.7. The van der Waals surface area contributed by atoms with Crippen molar-refractivity contribution in [3.63, 3.8) is 0 Å². The minimum atomic E-state index is -0.894. The second-order valence-corrected chi connectivity index (χ2v) is 7.56. The summed E-state index contributed by atoms with van der Waals surface area (Å²) in [7, 11) is -0.894. The SMILES string of the molecule is CC1(C)OB(c2cc3c(cc2F)OC(CCC(N)=O)C(=O)N3)OC1(C)C. The highest BCUT2D eigenvalue weighted by Crippen LogP contribution is 2.38. The van der Waals surface area contributed by atoms with E-state index in [1.54, 1.807) is 0 Å². The van der Waals surface area contributed by atoms with Gasteiger partial charge in [0.1, 0.15) is 11.6 Å². The Morgan fingerprint density at radius 3 is 2.46 bits per heavy atom. The lowest BCUT2D eigenvalue weighted by Gasteiger charge is -2.32. The van der Waals surface area contributed by atoms with Gasteiger partial charge in [0.2, 0.25) is 5.91 Å². The molecule has 1 fully saturated rings. The first-order chi connectivity index (χ1) is 12.0. The van der Waals surface area contributed by atoms with Crippen LogP contribution in [-0.2, 0) is 18.9 Å². The van der Waals surface area contributed by atoms with Gasteiger partial charge in [-0.3, -0.25) is 9.59 Å². The highest BCUT2D eigenvalue weighted by molar-refractivity contribution is 6.62. The number of nitrogens with two attached hydrogens (primary N) is 1. The molecule has 0 radical (unpaired) electrons. The quantitative estimate of drug-likeness (QED) is 0.780. The van der Waals surface area contributed by atoms with Gasteiger partial charge in [0.05, 0.1) is 16.9 Å². The van der Waals surface area contributed by atoms with E-state index in [4.69, 9.17) is 19.8 Å². The molecular weight excluding hydrogens is 342 g/mol. The molecule has 1 aromatic rings. The largest absolute Gasteiger partial charge is 0.497 e.